The number of phenols is 1. The van der Waals surface area contributed by atoms with E-state index in [-0.39, 0.29) is 5.75 Å². The highest BCUT2D eigenvalue weighted by molar-refractivity contribution is 7.99. The average Bonchev–Trinajstić information content (AvgIpc) is 2.92. The van der Waals surface area contributed by atoms with Gasteiger partial charge >= 0.3 is 0 Å². The van der Waals surface area contributed by atoms with E-state index in [9.17, 15) is 5.11 Å². The van der Waals surface area contributed by atoms with Crippen molar-refractivity contribution >= 4 is 11.8 Å². The number of hydrogen-bond acceptors (Lipinski definition) is 4. The molecule has 3 rings (SSSR count). The summed E-state index contributed by atoms with van der Waals surface area (Å²) in [4.78, 5) is 0. The van der Waals surface area contributed by atoms with Crippen LogP contribution in [0.5, 0.6) is 5.75 Å². The van der Waals surface area contributed by atoms with Crippen LogP contribution in [0.25, 0.3) is 17.1 Å². The summed E-state index contributed by atoms with van der Waals surface area (Å²) in [5.74, 6) is 1.76. The van der Waals surface area contributed by atoms with Crippen LogP contribution in [-0.2, 0) is 0 Å². The smallest absolute Gasteiger partial charge is 0.196 e. The molecule has 1 heterocycles. The molecular weight excluding hydrogens is 282 g/mol. The minimum atomic E-state index is 0.204. The number of aromatic hydroxyl groups is 1. The van der Waals surface area contributed by atoms with Gasteiger partial charge in [-0.1, -0.05) is 49.0 Å². The van der Waals surface area contributed by atoms with Crippen molar-refractivity contribution in [3.05, 3.63) is 54.6 Å². The summed E-state index contributed by atoms with van der Waals surface area (Å²) in [6.45, 7) is 2.08. The molecule has 2 aromatic carbocycles. The monoisotopic (exact) mass is 297 g/mol. The van der Waals surface area contributed by atoms with Crippen LogP contribution in [0.1, 0.15) is 6.92 Å². The summed E-state index contributed by atoms with van der Waals surface area (Å²) >= 11 is 1.63. The number of benzene rings is 2. The van der Waals surface area contributed by atoms with Gasteiger partial charge in [0.2, 0.25) is 0 Å². The van der Waals surface area contributed by atoms with E-state index in [0.717, 1.165) is 16.6 Å². The van der Waals surface area contributed by atoms with Gasteiger partial charge in [-0.15, -0.1) is 10.2 Å². The van der Waals surface area contributed by atoms with Gasteiger partial charge in [-0.05, 0) is 30.0 Å². The first-order valence-electron chi connectivity index (χ1n) is 6.73. The highest BCUT2D eigenvalue weighted by Crippen LogP contribution is 2.32. The largest absolute Gasteiger partial charge is 0.507 e. The maximum absolute atomic E-state index is 10.1. The van der Waals surface area contributed by atoms with Crippen LogP contribution in [0.2, 0.25) is 0 Å². The molecule has 0 bridgehead atoms. The number of phenolic OH excluding ortho intramolecular Hbond substituents is 1. The summed E-state index contributed by atoms with van der Waals surface area (Å²) in [5.41, 5.74) is 1.66. The molecule has 0 aliphatic carbocycles. The fraction of sp³-hybridized carbons (Fsp3) is 0.125. The lowest BCUT2D eigenvalue weighted by atomic mass is 10.2. The molecule has 4 nitrogen and oxygen atoms in total. The second-order valence-electron chi connectivity index (χ2n) is 4.43. The van der Waals surface area contributed by atoms with Crippen molar-refractivity contribution in [2.24, 2.45) is 0 Å². The molecule has 0 amide bonds. The molecule has 0 saturated carbocycles. The highest BCUT2D eigenvalue weighted by atomic mass is 32.2. The third-order valence-corrected chi connectivity index (χ3v) is 3.88. The van der Waals surface area contributed by atoms with Crippen LogP contribution in [0.3, 0.4) is 0 Å². The number of para-hydroxylation sites is 2. The first-order valence-corrected chi connectivity index (χ1v) is 7.72. The van der Waals surface area contributed by atoms with Crippen LogP contribution in [0, 0.1) is 0 Å². The average molecular weight is 297 g/mol. The van der Waals surface area contributed by atoms with Crippen molar-refractivity contribution in [1.82, 2.24) is 14.8 Å². The van der Waals surface area contributed by atoms with E-state index in [0.29, 0.717) is 11.4 Å². The van der Waals surface area contributed by atoms with E-state index in [1.807, 2.05) is 47.0 Å². The Labute approximate surface area is 127 Å². The second kappa shape index (κ2) is 6.01. The van der Waals surface area contributed by atoms with Crippen molar-refractivity contribution in [3.63, 3.8) is 0 Å². The number of nitrogens with zero attached hydrogens (tertiary/aromatic N) is 3. The first-order chi connectivity index (χ1) is 10.3. The van der Waals surface area contributed by atoms with Crippen LogP contribution in [0.4, 0.5) is 0 Å². The molecule has 0 atom stereocenters. The summed E-state index contributed by atoms with van der Waals surface area (Å²) in [7, 11) is 0. The lowest BCUT2D eigenvalue weighted by molar-refractivity contribution is 0.476. The molecule has 0 fully saturated rings. The maximum atomic E-state index is 10.1. The van der Waals surface area contributed by atoms with Gasteiger partial charge in [0.05, 0.1) is 5.56 Å². The van der Waals surface area contributed by atoms with Crippen molar-refractivity contribution < 1.29 is 5.11 Å². The van der Waals surface area contributed by atoms with Gasteiger partial charge in [-0.2, -0.15) is 0 Å². The van der Waals surface area contributed by atoms with E-state index in [4.69, 9.17) is 0 Å². The van der Waals surface area contributed by atoms with Crippen molar-refractivity contribution in [2.75, 3.05) is 5.75 Å². The Morgan fingerprint density at radius 2 is 1.71 bits per heavy atom. The molecule has 5 heteroatoms. The second-order valence-corrected chi connectivity index (χ2v) is 5.66. The van der Waals surface area contributed by atoms with Gasteiger partial charge in [-0.25, -0.2) is 0 Å². The molecule has 0 saturated heterocycles. The normalized spacial score (nSPS) is 10.7. The predicted octanol–water partition coefficient (Wildman–Crippen LogP) is 3.75. The molecule has 0 aliphatic heterocycles. The van der Waals surface area contributed by atoms with Gasteiger partial charge < -0.3 is 5.11 Å². The first kappa shape index (κ1) is 13.7. The standard InChI is InChI=1S/C16H15N3OS/c1-2-21-16-18-17-15(13-10-6-7-11-14(13)20)19(16)12-8-4-3-5-9-12/h3-11,20H,2H2,1H3. The van der Waals surface area contributed by atoms with Crippen molar-refractivity contribution in [2.45, 2.75) is 12.1 Å². The van der Waals surface area contributed by atoms with Crippen LogP contribution in [-0.4, -0.2) is 25.6 Å². The summed E-state index contributed by atoms with van der Waals surface area (Å²) < 4.78 is 1.98. The fourth-order valence-corrected chi connectivity index (χ4v) is 2.82. The van der Waals surface area contributed by atoms with Crippen molar-refractivity contribution in [3.8, 4) is 22.8 Å². The Bertz CT molecular complexity index is 740. The zero-order valence-corrected chi connectivity index (χ0v) is 12.4. The molecule has 106 valence electrons. The number of rotatable bonds is 4. The third kappa shape index (κ3) is 2.64. The van der Waals surface area contributed by atoms with Gasteiger partial charge in [-0.3, -0.25) is 4.57 Å². The maximum Gasteiger partial charge on any atom is 0.196 e. The zero-order valence-electron chi connectivity index (χ0n) is 11.6. The van der Waals surface area contributed by atoms with E-state index in [2.05, 4.69) is 17.1 Å². The highest BCUT2D eigenvalue weighted by Gasteiger charge is 2.17. The molecule has 0 spiro atoms. The van der Waals surface area contributed by atoms with Crippen LogP contribution >= 0.6 is 11.8 Å². The molecule has 21 heavy (non-hydrogen) atoms. The minimum absolute atomic E-state index is 0.204. The molecule has 1 N–H and O–H groups in total. The predicted molar refractivity (Wildman–Crippen MR) is 84.9 cm³/mol. The summed E-state index contributed by atoms with van der Waals surface area (Å²) in [6.07, 6.45) is 0. The molecule has 0 unspecified atom stereocenters. The van der Waals surface area contributed by atoms with Gasteiger partial charge in [0, 0.05) is 5.69 Å². The molecule has 0 aliphatic rings. The SMILES string of the molecule is CCSc1nnc(-c2ccccc2O)n1-c1ccccc1. The Balaban J connectivity index is 2.21. The van der Waals surface area contributed by atoms with E-state index < -0.39 is 0 Å². The Morgan fingerprint density at radius 3 is 2.43 bits per heavy atom. The van der Waals surface area contributed by atoms with Gasteiger partial charge in [0.1, 0.15) is 5.75 Å². The van der Waals surface area contributed by atoms with E-state index in [1.165, 1.54) is 0 Å². The fourth-order valence-electron chi connectivity index (χ4n) is 2.14. The Kier molecular flexibility index (Phi) is 3.92. The molecule has 0 radical (unpaired) electrons. The van der Waals surface area contributed by atoms with Gasteiger partial charge in [0.25, 0.3) is 0 Å². The number of aromatic nitrogens is 3. The quantitative estimate of drug-likeness (QED) is 0.745. The summed E-state index contributed by atoms with van der Waals surface area (Å²) in [6, 6.07) is 17.1. The topological polar surface area (TPSA) is 50.9 Å². The van der Waals surface area contributed by atoms with E-state index in [1.54, 1.807) is 23.9 Å². The van der Waals surface area contributed by atoms with E-state index >= 15 is 0 Å². The zero-order chi connectivity index (χ0) is 14.7. The van der Waals surface area contributed by atoms with Gasteiger partial charge in [0.15, 0.2) is 11.0 Å². The third-order valence-electron chi connectivity index (χ3n) is 3.07. The Hall–Kier alpha value is -2.27. The van der Waals surface area contributed by atoms with Crippen LogP contribution in [0.15, 0.2) is 59.8 Å². The Morgan fingerprint density at radius 1 is 1.00 bits per heavy atom. The minimum Gasteiger partial charge on any atom is -0.507 e. The lowest BCUT2D eigenvalue weighted by Gasteiger charge is -2.10. The molecular formula is C16H15N3OS. The molecule has 3 aromatic rings. The number of hydrogen-bond donors (Lipinski definition) is 1. The lowest BCUT2D eigenvalue weighted by Crippen LogP contribution is -1.99. The van der Waals surface area contributed by atoms with Crippen LogP contribution < -0.4 is 0 Å². The number of thioether (sulfide) groups is 1. The summed E-state index contributed by atoms with van der Waals surface area (Å²) in [5, 5.41) is 19.4. The molecule has 1 aromatic heterocycles. The van der Waals surface area contributed by atoms with Crippen molar-refractivity contribution in [1.29, 1.82) is 0 Å².